The normalized spacial score (nSPS) is 44.3. The summed E-state index contributed by atoms with van der Waals surface area (Å²) >= 11 is 0. The lowest BCUT2D eigenvalue weighted by molar-refractivity contribution is -0.282. The summed E-state index contributed by atoms with van der Waals surface area (Å²) in [5, 5.41) is 70.3. The Balaban J connectivity index is 1.96. The van der Waals surface area contributed by atoms with Crippen molar-refractivity contribution in [2.24, 2.45) is 0 Å². The van der Waals surface area contributed by atoms with Gasteiger partial charge in [0.15, 0.2) is 12.6 Å². The lowest BCUT2D eigenvalue weighted by Gasteiger charge is -2.41. The molecule has 0 bridgehead atoms. The van der Waals surface area contributed by atoms with Gasteiger partial charge < -0.3 is 55.4 Å². The zero-order valence-electron chi connectivity index (χ0n) is 15.7. The molecule has 30 heavy (non-hydrogen) atoms. The van der Waals surface area contributed by atoms with Crippen LogP contribution in [0, 0.1) is 0 Å². The van der Waals surface area contributed by atoms with Crippen LogP contribution in [0.15, 0.2) is 0 Å². The summed E-state index contributed by atoms with van der Waals surface area (Å²) in [6, 6.07) is -1.36. The Morgan fingerprint density at radius 3 is 2.13 bits per heavy atom. The lowest BCUT2D eigenvalue weighted by atomic mass is 9.97. The molecule has 2 saturated heterocycles. The molecule has 9 N–H and O–H groups in total. The van der Waals surface area contributed by atoms with E-state index in [1.807, 2.05) is 0 Å². The molecule has 2 fully saturated rings. The average molecular weight is 463 g/mol. The quantitative estimate of drug-likeness (QED) is 0.160. The van der Waals surface area contributed by atoms with E-state index in [-0.39, 0.29) is 0 Å². The zero-order valence-corrected chi connectivity index (χ0v) is 16.6. The van der Waals surface area contributed by atoms with Crippen molar-refractivity contribution in [1.82, 2.24) is 5.32 Å². The second-order valence-corrected chi connectivity index (χ2v) is 8.25. The second kappa shape index (κ2) is 10.2. The van der Waals surface area contributed by atoms with E-state index < -0.39 is 88.3 Å². The summed E-state index contributed by atoms with van der Waals surface area (Å²) in [6.07, 6.45) is -15.6. The maximum atomic E-state index is 12.1. The Hall–Kier alpha value is -0.780. The minimum Gasteiger partial charge on any atom is -0.394 e. The number of rotatable bonds is 7. The summed E-state index contributed by atoms with van der Waals surface area (Å²) in [5.41, 5.74) is 0. The molecule has 0 aliphatic carbocycles. The third-order valence-corrected chi connectivity index (χ3v) is 5.53. The van der Waals surface area contributed by atoms with Gasteiger partial charge in [-0.15, -0.1) is 0 Å². The van der Waals surface area contributed by atoms with Gasteiger partial charge in [0, 0.05) is 6.92 Å². The molecule has 0 aromatic rings. The molecule has 11 atom stereocenters. The topological polar surface area (TPSA) is 245 Å². The van der Waals surface area contributed by atoms with Gasteiger partial charge in [0.1, 0.15) is 48.8 Å². The van der Waals surface area contributed by atoms with Gasteiger partial charge in [0.25, 0.3) is 0 Å². The predicted molar refractivity (Wildman–Crippen MR) is 91.1 cm³/mol. The van der Waals surface area contributed by atoms with Crippen LogP contribution in [-0.2, 0) is 27.9 Å². The van der Waals surface area contributed by atoms with Gasteiger partial charge in [-0.1, -0.05) is 0 Å². The zero-order chi connectivity index (χ0) is 22.8. The van der Waals surface area contributed by atoms with Gasteiger partial charge >= 0.3 is 7.82 Å². The lowest BCUT2D eigenvalue weighted by Crippen LogP contribution is -2.64. The van der Waals surface area contributed by atoms with E-state index in [1.165, 1.54) is 0 Å². The molecule has 0 aromatic carbocycles. The summed E-state index contributed by atoms with van der Waals surface area (Å²) < 4.78 is 31.3. The Morgan fingerprint density at radius 1 is 0.967 bits per heavy atom. The first kappa shape index (κ1) is 25.5. The van der Waals surface area contributed by atoms with Crippen molar-refractivity contribution in [3.05, 3.63) is 0 Å². The molecule has 2 aliphatic rings. The molecule has 16 heteroatoms. The van der Waals surface area contributed by atoms with Crippen LogP contribution in [-0.4, -0.2) is 121 Å². The smallest absolute Gasteiger partial charge is 0.394 e. The maximum Gasteiger partial charge on any atom is 0.474 e. The molecule has 176 valence electrons. The van der Waals surface area contributed by atoms with Crippen LogP contribution in [0.4, 0.5) is 0 Å². The first-order valence-corrected chi connectivity index (χ1v) is 10.3. The van der Waals surface area contributed by atoms with Crippen LogP contribution in [0.2, 0.25) is 0 Å². The van der Waals surface area contributed by atoms with Crippen LogP contribution in [0.3, 0.4) is 0 Å². The molecule has 15 nitrogen and oxygen atoms in total. The number of hydrogen-bond acceptors (Lipinski definition) is 13. The first-order chi connectivity index (χ1) is 13.9. The van der Waals surface area contributed by atoms with E-state index in [1.54, 1.807) is 0 Å². The van der Waals surface area contributed by atoms with E-state index in [4.69, 9.17) is 14.6 Å². The summed E-state index contributed by atoms with van der Waals surface area (Å²) in [5.74, 6) is -0.614. The van der Waals surface area contributed by atoms with Gasteiger partial charge in [-0.05, 0) is 0 Å². The van der Waals surface area contributed by atoms with Crippen LogP contribution >= 0.6 is 7.82 Å². The number of carbonyl (C=O) groups is 1. The highest BCUT2D eigenvalue weighted by molar-refractivity contribution is 7.47. The molecule has 0 radical (unpaired) electrons. The highest BCUT2D eigenvalue weighted by Crippen LogP contribution is 2.47. The monoisotopic (exact) mass is 463 g/mol. The predicted octanol–water partition coefficient (Wildman–Crippen LogP) is -5.14. The van der Waals surface area contributed by atoms with Gasteiger partial charge in [-0.3, -0.25) is 13.8 Å². The number of aliphatic hydroxyl groups excluding tert-OH is 7. The minimum atomic E-state index is -5.04. The molecule has 0 saturated carbocycles. The Labute approximate surface area is 170 Å². The fraction of sp³-hybridized carbons (Fsp3) is 0.929. The van der Waals surface area contributed by atoms with Crippen molar-refractivity contribution in [2.75, 3.05) is 13.2 Å². The number of carbonyl (C=O) groups excluding carboxylic acids is 1. The van der Waals surface area contributed by atoms with Gasteiger partial charge in [-0.2, -0.15) is 0 Å². The SMILES string of the molecule is CC(=O)N[C@@H]1[C@@H](O)[C@H](O)[C@@H](COP(=O)(O)O[C@@H]2O[C@H](CO)[C@@H](O)[C@H](O)[C@@H]2O)O[C@H]1O. The van der Waals surface area contributed by atoms with Gasteiger partial charge in [0.2, 0.25) is 5.91 Å². The van der Waals surface area contributed by atoms with E-state index in [9.17, 15) is 44.9 Å². The number of amides is 1. The average Bonchev–Trinajstić information content (AvgIpc) is 2.67. The van der Waals surface area contributed by atoms with Crippen LogP contribution < -0.4 is 5.32 Å². The van der Waals surface area contributed by atoms with E-state index in [0.29, 0.717) is 0 Å². The minimum absolute atomic E-state index is 0.614. The number of ether oxygens (including phenoxy) is 2. The Morgan fingerprint density at radius 2 is 1.57 bits per heavy atom. The number of aliphatic hydroxyl groups is 7. The van der Waals surface area contributed by atoms with Crippen LogP contribution in [0.5, 0.6) is 0 Å². The van der Waals surface area contributed by atoms with E-state index in [0.717, 1.165) is 6.92 Å². The highest BCUT2D eigenvalue weighted by Gasteiger charge is 2.48. The summed E-state index contributed by atoms with van der Waals surface area (Å²) in [6.45, 7) is -0.568. The van der Waals surface area contributed by atoms with Crippen molar-refractivity contribution < 1.29 is 68.5 Å². The molecule has 2 aliphatic heterocycles. The molecule has 2 rings (SSSR count). The number of phosphoric ester groups is 1. The number of nitrogens with one attached hydrogen (secondary N) is 1. The van der Waals surface area contributed by atoms with Crippen molar-refractivity contribution >= 4 is 13.7 Å². The first-order valence-electron chi connectivity index (χ1n) is 8.81. The largest absolute Gasteiger partial charge is 0.474 e. The van der Waals surface area contributed by atoms with Crippen molar-refractivity contribution in [3.8, 4) is 0 Å². The van der Waals surface area contributed by atoms with Crippen molar-refractivity contribution in [3.63, 3.8) is 0 Å². The summed E-state index contributed by atoms with van der Waals surface area (Å²) in [7, 11) is -5.04. The van der Waals surface area contributed by atoms with E-state index in [2.05, 4.69) is 14.4 Å². The Bertz CT molecular complexity index is 636. The molecule has 1 unspecified atom stereocenters. The Kier molecular flexibility index (Phi) is 8.68. The maximum absolute atomic E-state index is 12.1. The van der Waals surface area contributed by atoms with Crippen molar-refractivity contribution in [1.29, 1.82) is 0 Å². The fourth-order valence-corrected chi connectivity index (χ4v) is 3.79. The third-order valence-electron chi connectivity index (χ3n) is 4.58. The van der Waals surface area contributed by atoms with Gasteiger partial charge in [-0.25, -0.2) is 4.57 Å². The molecular formula is C14H26NO14P. The number of hydrogen-bond donors (Lipinski definition) is 9. The highest BCUT2D eigenvalue weighted by atomic mass is 31.2. The standard InChI is InChI=1S/C14H26NO14P/c1-4(17)15-7-10(20)9(19)6(27-13(7)23)3-26-30(24,25)29-14-12(22)11(21)8(18)5(2-16)28-14/h5-14,16,18-23H,2-3H2,1H3,(H,15,17)(H,24,25)/t5-,6-,7-,8-,9-,10-,11+,12+,13-,14+/m1/s1. The van der Waals surface area contributed by atoms with E-state index >= 15 is 0 Å². The summed E-state index contributed by atoms with van der Waals surface area (Å²) in [4.78, 5) is 20.9. The fourth-order valence-electron chi connectivity index (χ4n) is 2.96. The molecule has 0 aromatic heterocycles. The molecular weight excluding hydrogens is 437 g/mol. The molecule has 1 amide bonds. The van der Waals surface area contributed by atoms with Gasteiger partial charge in [0.05, 0.1) is 13.2 Å². The van der Waals surface area contributed by atoms with Crippen LogP contribution in [0.25, 0.3) is 0 Å². The molecule has 0 spiro atoms. The van der Waals surface area contributed by atoms with Crippen molar-refractivity contribution in [2.45, 2.75) is 68.3 Å². The second-order valence-electron chi connectivity index (χ2n) is 6.84. The van der Waals surface area contributed by atoms with Crippen LogP contribution in [0.1, 0.15) is 6.92 Å². The third kappa shape index (κ3) is 5.92. The number of phosphoric acid groups is 1. The molecule has 2 heterocycles.